The minimum Gasteiger partial charge on any atom is -0.469 e. The summed E-state index contributed by atoms with van der Waals surface area (Å²) in [6.07, 6.45) is 2.47. The third-order valence-electron chi connectivity index (χ3n) is 3.02. The molecule has 1 fully saturated rings. The van der Waals surface area contributed by atoms with Gasteiger partial charge in [0.05, 0.1) is 19.6 Å². The van der Waals surface area contributed by atoms with Crippen LogP contribution in [0.4, 0.5) is 0 Å². The van der Waals surface area contributed by atoms with Gasteiger partial charge in [-0.1, -0.05) is 0 Å². The molecule has 5 heteroatoms. The van der Waals surface area contributed by atoms with Gasteiger partial charge in [-0.2, -0.15) is 0 Å². The fraction of sp³-hybridized carbons (Fsp3) is 0.833. The van der Waals surface area contributed by atoms with Crippen molar-refractivity contribution in [3.63, 3.8) is 0 Å². The number of hydrogen-bond donors (Lipinski definition) is 1. The summed E-state index contributed by atoms with van der Waals surface area (Å²) in [5.74, 6) is -0.134. The van der Waals surface area contributed by atoms with E-state index >= 15 is 0 Å². The van der Waals surface area contributed by atoms with Gasteiger partial charge in [0.1, 0.15) is 0 Å². The Kier molecular flexibility index (Phi) is 5.41. The number of carbonyl (C=O) groups excluding carboxylic acids is 2. The molecule has 0 aromatic carbocycles. The number of methoxy groups -OCH3 is 1. The number of likely N-dealkylation sites (tertiary alicyclic amines) is 1. The van der Waals surface area contributed by atoms with E-state index in [2.05, 4.69) is 10.1 Å². The number of esters is 1. The highest BCUT2D eigenvalue weighted by molar-refractivity contribution is 5.81. The molecule has 17 heavy (non-hydrogen) atoms. The maximum atomic E-state index is 12.0. The molecule has 2 atom stereocenters. The molecule has 0 saturated carbocycles. The normalized spacial score (nSPS) is 18.9. The molecule has 1 amide bonds. The van der Waals surface area contributed by atoms with Gasteiger partial charge in [-0.15, -0.1) is 0 Å². The van der Waals surface area contributed by atoms with Gasteiger partial charge in [-0.05, 0) is 26.7 Å². The van der Waals surface area contributed by atoms with Crippen LogP contribution < -0.4 is 5.32 Å². The predicted octanol–water partition coefficient (Wildman–Crippen LogP) is 0.539. The highest BCUT2D eigenvalue weighted by Gasteiger charge is 2.24. The van der Waals surface area contributed by atoms with Crippen LogP contribution in [0.3, 0.4) is 0 Å². The first kappa shape index (κ1) is 14.0. The van der Waals surface area contributed by atoms with E-state index in [0.29, 0.717) is 0 Å². The number of ether oxygens (including phenoxy) is 1. The number of nitrogens with one attached hydrogen (secondary N) is 1. The van der Waals surface area contributed by atoms with E-state index in [9.17, 15) is 9.59 Å². The second-order valence-electron chi connectivity index (χ2n) is 4.60. The van der Waals surface area contributed by atoms with E-state index < -0.39 is 0 Å². The van der Waals surface area contributed by atoms with Crippen molar-refractivity contribution < 1.29 is 14.3 Å². The Labute approximate surface area is 102 Å². The quantitative estimate of drug-likeness (QED) is 0.715. The standard InChI is InChI=1S/C12H22N2O3/c1-9(8-11(15)17-3)13-10(2)12(16)14-6-4-5-7-14/h9-10,13H,4-8H2,1-3H3. The molecule has 0 aromatic heterocycles. The van der Waals surface area contributed by atoms with Crippen LogP contribution in [0.5, 0.6) is 0 Å². The molecule has 2 unspecified atom stereocenters. The molecule has 1 aliphatic heterocycles. The van der Waals surface area contributed by atoms with Gasteiger partial charge in [-0.3, -0.25) is 9.59 Å². The average molecular weight is 242 g/mol. The zero-order valence-corrected chi connectivity index (χ0v) is 10.9. The SMILES string of the molecule is COC(=O)CC(C)NC(C)C(=O)N1CCCC1. The Morgan fingerprint density at radius 3 is 2.41 bits per heavy atom. The van der Waals surface area contributed by atoms with Gasteiger partial charge in [0.15, 0.2) is 0 Å². The number of hydrogen-bond acceptors (Lipinski definition) is 4. The Bertz CT molecular complexity index is 275. The summed E-state index contributed by atoms with van der Waals surface area (Å²) < 4.78 is 4.59. The smallest absolute Gasteiger partial charge is 0.307 e. The lowest BCUT2D eigenvalue weighted by atomic mass is 10.2. The first-order valence-electron chi connectivity index (χ1n) is 6.16. The number of rotatable bonds is 5. The molecule has 98 valence electrons. The molecule has 5 nitrogen and oxygen atoms in total. The number of carbonyl (C=O) groups is 2. The van der Waals surface area contributed by atoms with Crippen molar-refractivity contribution in [3.05, 3.63) is 0 Å². The summed E-state index contributed by atoms with van der Waals surface area (Å²) in [6, 6.07) is -0.295. The Hall–Kier alpha value is -1.10. The van der Waals surface area contributed by atoms with Gasteiger partial charge in [0.2, 0.25) is 5.91 Å². The van der Waals surface area contributed by atoms with Crippen LogP contribution in [0.25, 0.3) is 0 Å². The largest absolute Gasteiger partial charge is 0.469 e. The van der Waals surface area contributed by atoms with E-state index in [1.807, 2.05) is 18.7 Å². The van der Waals surface area contributed by atoms with Gasteiger partial charge >= 0.3 is 5.97 Å². The third kappa shape index (κ3) is 4.34. The highest BCUT2D eigenvalue weighted by atomic mass is 16.5. The van der Waals surface area contributed by atoms with E-state index in [4.69, 9.17) is 0 Å². The van der Waals surface area contributed by atoms with Crippen molar-refractivity contribution >= 4 is 11.9 Å². The summed E-state index contributed by atoms with van der Waals surface area (Å²) in [4.78, 5) is 24.9. The lowest BCUT2D eigenvalue weighted by Gasteiger charge is -2.23. The van der Waals surface area contributed by atoms with E-state index in [1.54, 1.807) is 0 Å². The molecule has 1 N–H and O–H groups in total. The van der Waals surface area contributed by atoms with Gasteiger partial charge < -0.3 is 15.0 Å². The highest BCUT2D eigenvalue weighted by Crippen LogP contribution is 2.09. The van der Waals surface area contributed by atoms with Crippen LogP contribution in [0.2, 0.25) is 0 Å². The fourth-order valence-electron chi connectivity index (χ4n) is 2.10. The average Bonchev–Trinajstić information content (AvgIpc) is 2.80. The first-order chi connectivity index (χ1) is 8.04. The molecule has 1 rings (SSSR count). The van der Waals surface area contributed by atoms with Crippen LogP contribution >= 0.6 is 0 Å². The molecule has 1 saturated heterocycles. The summed E-state index contributed by atoms with van der Waals surface area (Å²) >= 11 is 0. The molecule has 1 heterocycles. The third-order valence-corrected chi connectivity index (χ3v) is 3.02. The Balaban J connectivity index is 2.34. The summed E-state index contributed by atoms with van der Waals surface area (Å²) in [5.41, 5.74) is 0. The summed E-state index contributed by atoms with van der Waals surface area (Å²) in [5, 5.41) is 3.13. The monoisotopic (exact) mass is 242 g/mol. The molecule has 0 aromatic rings. The maximum Gasteiger partial charge on any atom is 0.307 e. The van der Waals surface area contributed by atoms with Crippen LogP contribution in [0.15, 0.2) is 0 Å². The maximum absolute atomic E-state index is 12.0. The van der Waals surface area contributed by atoms with Gasteiger partial charge in [-0.25, -0.2) is 0 Å². The van der Waals surface area contributed by atoms with Gasteiger partial charge in [0.25, 0.3) is 0 Å². The second-order valence-corrected chi connectivity index (χ2v) is 4.60. The fourth-order valence-corrected chi connectivity index (χ4v) is 2.10. The summed E-state index contributed by atoms with van der Waals surface area (Å²) in [6.45, 7) is 5.44. The Morgan fingerprint density at radius 1 is 1.29 bits per heavy atom. The second kappa shape index (κ2) is 6.59. The van der Waals surface area contributed by atoms with Crippen molar-refractivity contribution in [2.75, 3.05) is 20.2 Å². The molecule has 0 bridgehead atoms. The van der Waals surface area contributed by atoms with E-state index in [1.165, 1.54) is 7.11 Å². The van der Waals surface area contributed by atoms with Crippen LogP contribution in [-0.2, 0) is 14.3 Å². The minimum absolute atomic E-state index is 0.0518. The minimum atomic E-state index is -0.258. The van der Waals surface area contributed by atoms with E-state index in [-0.39, 0.29) is 30.4 Å². The van der Waals surface area contributed by atoms with Gasteiger partial charge in [0, 0.05) is 19.1 Å². The lowest BCUT2D eigenvalue weighted by Crippen LogP contribution is -2.47. The Morgan fingerprint density at radius 2 is 1.88 bits per heavy atom. The van der Waals surface area contributed by atoms with E-state index in [0.717, 1.165) is 25.9 Å². The van der Waals surface area contributed by atoms with Crippen molar-refractivity contribution in [1.82, 2.24) is 10.2 Å². The molecule has 1 aliphatic rings. The van der Waals surface area contributed by atoms with Crippen molar-refractivity contribution in [2.45, 2.75) is 45.2 Å². The molecule has 0 aliphatic carbocycles. The van der Waals surface area contributed by atoms with Crippen molar-refractivity contribution in [2.24, 2.45) is 0 Å². The molecular weight excluding hydrogens is 220 g/mol. The summed E-state index contributed by atoms with van der Waals surface area (Å²) in [7, 11) is 1.37. The van der Waals surface area contributed by atoms with Crippen molar-refractivity contribution in [1.29, 1.82) is 0 Å². The van der Waals surface area contributed by atoms with Crippen LogP contribution in [0.1, 0.15) is 33.1 Å². The molecular formula is C12H22N2O3. The van der Waals surface area contributed by atoms with Crippen molar-refractivity contribution in [3.8, 4) is 0 Å². The van der Waals surface area contributed by atoms with Crippen LogP contribution in [0, 0.1) is 0 Å². The number of amides is 1. The molecule has 0 spiro atoms. The zero-order valence-electron chi connectivity index (χ0n) is 10.9. The topological polar surface area (TPSA) is 58.6 Å². The zero-order chi connectivity index (χ0) is 12.8. The number of nitrogens with zero attached hydrogens (tertiary/aromatic N) is 1. The first-order valence-corrected chi connectivity index (χ1v) is 6.16. The molecule has 0 radical (unpaired) electrons. The van der Waals surface area contributed by atoms with Crippen LogP contribution in [-0.4, -0.2) is 49.1 Å². The predicted molar refractivity (Wildman–Crippen MR) is 64.5 cm³/mol. The lowest BCUT2D eigenvalue weighted by molar-refractivity contribution is -0.141.